The average Bonchev–Trinajstić information content (AvgIpc) is 2.65. The molecule has 7 heteroatoms. The third-order valence-electron chi connectivity index (χ3n) is 3.11. The zero-order valence-electron chi connectivity index (χ0n) is 10.4. The van der Waals surface area contributed by atoms with Gasteiger partial charge in [-0.25, -0.2) is 9.37 Å². The van der Waals surface area contributed by atoms with Crippen LogP contribution in [-0.4, -0.2) is 16.7 Å². The van der Waals surface area contributed by atoms with Gasteiger partial charge < -0.3 is 0 Å². The number of rotatable bonds is 2. The first-order valence-corrected chi connectivity index (χ1v) is 6.69. The molecule has 0 radical (unpaired) electrons. The van der Waals surface area contributed by atoms with Crippen LogP contribution in [0.5, 0.6) is 0 Å². The summed E-state index contributed by atoms with van der Waals surface area (Å²) in [5.41, 5.74) is 0.772. The number of halogens is 3. The Hall–Kier alpha value is -1.98. The summed E-state index contributed by atoms with van der Waals surface area (Å²) in [6.07, 6.45) is 0. The first-order valence-electron chi connectivity index (χ1n) is 5.94. The van der Waals surface area contributed by atoms with E-state index in [1.54, 1.807) is 18.2 Å². The van der Waals surface area contributed by atoms with Crippen molar-refractivity contribution < 1.29 is 14.0 Å². The van der Waals surface area contributed by atoms with Gasteiger partial charge >= 0.3 is 0 Å². The fraction of sp³-hybridized carbons (Fsp3) is 0.0714. The summed E-state index contributed by atoms with van der Waals surface area (Å²) in [6.45, 7) is 0.0270. The SMILES string of the molecule is O=C1C(=O)N(Cc2cccc(Cl)n2)c2cc(F)c(Cl)cc21. The van der Waals surface area contributed by atoms with E-state index in [0.717, 1.165) is 17.0 Å². The Morgan fingerprint density at radius 1 is 1.19 bits per heavy atom. The predicted octanol–water partition coefficient (Wildman–Crippen LogP) is 3.26. The quantitative estimate of drug-likeness (QED) is 0.629. The van der Waals surface area contributed by atoms with Gasteiger partial charge in [0.05, 0.1) is 28.5 Å². The summed E-state index contributed by atoms with van der Waals surface area (Å²) in [7, 11) is 0. The van der Waals surface area contributed by atoms with Crippen LogP contribution in [0.3, 0.4) is 0 Å². The lowest BCUT2D eigenvalue weighted by Crippen LogP contribution is -2.29. The number of fused-ring (bicyclic) bond motifs is 1. The fourth-order valence-corrected chi connectivity index (χ4v) is 2.49. The van der Waals surface area contributed by atoms with Crippen LogP contribution >= 0.6 is 23.2 Å². The second-order valence-corrected chi connectivity index (χ2v) is 5.25. The molecule has 1 aromatic heterocycles. The Balaban J connectivity index is 2.03. The number of aromatic nitrogens is 1. The standard InChI is InChI=1S/C14H7Cl2FN2O2/c15-9-4-8-11(5-10(9)17)19(14(21)13(8)20)6-7-2-1-3-12(16)18-7/h1-5H,6H2. The molecule has 1 aliphatic rings. The lowest BCUT2D eigenvalue weighted by Gasteiger charge is -2.16. The van der Waals surface area contributed by atoms with Crippen LogP contribution in [0.2, 0.25) is 10.2 Å². The second-order valence-electron chi connectivity index (χ2n) is 4.46. The lowest BCUT2D eigenvalue weighted by molar-refractivity contribution is -0.114. The highest BCUT2D eigenvalue weighted by molar-refractivity contribution is 6.52. The van der Waals surface area contributed by atoms with Gasteiger partial charge in [0.1, 0.15) is 11.0 Å². The third kappa shape index (κ3) is 2.39. The largest absolute Gasteiger partial charge is 0.299 e. The molecule has 0 saturated carbocycles. The number of carbonyl (C=O) groups is 2. The first kappa shape index (κ1) is 14.0. The van der Waals surface area contributed by atoms with E-state index in [1.165, 1.54) is 0 Å². The maximum absolute atomic E-state index is 13.6. The summed E-state index contributed by atoms with van der Waals surface area (Å²) >= 11 is 11.4. The topological polar surface area (TPSA) is 50.3 Å². The molecular formula is C14H7Cl2FN2O2. The fourth-order valence-electron chi connectivity index (χ4n) is 2.15. The summed E-state index contributed by atoms with van der Waals surface area (Å²) in [5, 5.41) is 0.0746. The molecule has 2 heterocycles. The highest BCUT2D eigenvalue weighted by Gasteiger charge is 2.37. The van der Waals surface area contributed by atoms with Crippen molar-refractivity contribution in [2.24, 2.45) is 0 Å². The molecule has 0 saturated heterocycles. The normalized spacial score (nSPS) is 13.8. The van der Waals surface area contributed by atoms with Crippen LogP contribution in [0.1, 0.15) is 16.1 Å². The third-order valence-corrected chi connectivity index (χ3v) is 3.61. The van der Waals surface area contributed by atoms with Crippen molar-refractivity contribution in [3.8, 4) is 0 Å². The van der Waals surface area contributed by atoms with Crippen LogP contribution in [0.25, 0.3) is 0 Å². The second kappa shape index (κ2) is 5.09. The van der Waals surface area contributed by atoms with Gasteiger partial charge in [0.25, 0.3) is 11.7 Å². The van der Waals surface area contributed by atoms with Crippen molar-refractivity contribution in [3.05, 3.63) is 57.6 Å². The summed E-state index contributed by atoms with van der Waals surface area (Å²) in [5.74, 6) is -2.15. The van der Waals surface area contributed by atoms with E-state index in [4.69, 9.17) is 23.2 Å². The molecule has 2 aromatic rings. The number of pyridine rings is 1. The van der Waals surface area contributed by atoms with Gasteiger partial charge in [-0.1, -0.05) is 29.3 Å². The number of carbonyl (C=O) groups excluding carboxylic acids is 2. The highest BCUT2D eigenvalue weighted by atomic mass is 35.5. The summed E-state index contributed by atoms with van der Waals surface area (Å²) in [4.78, 5) is 29.1. The maximum Gasteiger partial charge on any atom is 0.299 e. The summed E-state index contributed by atoms with van der Waals surface area (Å²) < 4.78 is 13.6. The lowest BCUT2D eigenvalue weighted by atomic mass is 10.1. The van der Waals surface area contributed by atoms with Crippen molar-refractivity contribution in [1.29, 1.82) is 0 Å². The van der Waals surface area contributed by atoms with Gasteiger partial charge in [0, 0.05) is 0 Å². The van der Waals surface area contributed by atoms with Gasteiger partial charge in [-0.05, 0) is 24.3 Å². The Bertz CT molecular complexity index is 780. The molecule has 0 spiro atoms. The number of nitrogens with zero attached hydrogens (tertiary/aromatic N) is 2. The average molecular weight is 325 g/mol. The molecule has 0 aliphatic carbocycles. The Morgan fingerprint density at radius 3 is 2.67 bits per heavy atom. The predicted molar refractivity (Wildman–Crippen MR) is 76.2 cm³/mol. The molecule has 0 N–H and O–H groups in total. The zero-order chi connectivity index (χ0) is 15.1. The minimum Gasteiger partial charge on any atom is -0.299 e. The monoisotopic (exact) mass is 324 g/mol. The van der Waals surface area contributed by atoms with E-state index in [0.29, 0.717) is 5.69 Å². The number of amides is 1. The van der Waals surface area contributed by atoms with E-state index < -0.39 is 17.5 Å². The van der Waals surface area contributed by atoms with Crippen LogP contribution < -0.4 is 4.90 Å². The van der Waals surface area contributed by atoms with Crippen molar-refractivity contribution in [2.45, 2.75) is 6.54 Å². The molecule has 1 amide bonds. The molecule has 0 bridgehead atoms. The van der Waals surface area contributed by atoms with Crippen LogP contribution in [-0.2, 0) is 11.3 Å². The molecule has 0 atom stereocenters. The Labute approximate surface area is 129 Å². The number of hydrogen-bond acceptors (Lipinski definition) is 3. The van der Waals surface area contributed by atoms with Crippen molar-refractivity contribution in [2.75, 3.05) is 4.90 Å². The van der Waals surface area contributed by atoms with Gasteiger partial charge in [-0.3, -0.25) is 14.5 Å². The smallest absolute Gasteiger partial charge is 0.299 e. The highest BCUT2D eigenvalue weighted by Crippen LogP contribution is 2.34. The van der Waals surface area contributed by atoms with Gasteiger partial charge in [0.2, 0.25) is 0 Å². The van der Waals surface area contributed by atoms with Crippen molar-refractivity contribution in [1.82, 2.24) is 4.98 Å². The molecule has 21 heavy (non-hydrogen) atoms. The van der Waals surface area contributed by atoms with Crippen molar-refractivity contribution in [3.63, 3.8) is 0 Å². The molecule has 1 aromatic carbocycles. The van der Waals surface area contributed by atoms with Gasteiger partial charge in [0.15, 0.2) is 0 Å². The minimum absolute atomic E-state index is 0.0270. The number of benzene rings is 1. The first-order chi connectivity index (χ1) is 9.97. The molecule has 0 unspecified atom stereocenters. The molecule has 1 aliphatic heterocycles. The number of ketones is 1. The molecular weight excluding hydrogens is 318 g/mol. The van der Waals surface area contributed by atoms with Gasteiger partial charge in [-0.2, -0.15) is 0 Å². The van der Waals surface area contributed by atoms with E-state index >= 15 is 0 Å². The van der Waals surface area contributed by atoms with E-state index in [2.05, 4.69) is 4.98 Å². The number of hydrogen-bond donors (Lipinski definition) is 0. The molecule has 0 fully saturated rings. The van der Waals surface area contributed by atoms with Crippen LogP contribution in [0.4, 0.5) is 10.1 Å². The van der Waals surface area contributed by atoms with Crippen LogP contribution in [0, 0.1) is 5.82 Å². The van der Waals surface area contributed by atoms with E-state index in [9.17, 15) is 14.0 Å². The van der Waals surface area contributed by atoms with Crippen molar-refractivity contribution >= 4 is 40.6 Å². The van der Waals surface area contributed by atoms with Gasteiger partial charge in [-0.15, -0.1) is 0 Å². The summed E-state index contributed by atoms with van der Waals surface area (Å²) in [6, 6.07) is 7.17. The Kier molecular flexibility index (Phi) is 3.39. The maximum atomic E-state index is 13.6. The molecule has 106 valence electrons. The molecule has 4 nitrogen and oxygen atoms in total. The molecule has 3 rings (SSSR count). The van der Waals surface area contributed by atoms with E-state index in [1.807, 2.05) is 0 Å². The van der Waals surface area contributed by atoms with E-state index in [-0.39, 0.29) is 28.0 Å². The number of anilines is 1. The Morgan fingerprint density at radius 2 is 1.95 bits per heavy atom. The number of Topliss-reactive ketones (excluding diaryl/α,β-unsaturated/α-hetero) is 1. The van der Waals surface area contributed by atoms with Crippen LogP contribution in [0.15, 0.2) is 30.3 Å². The zero-order valence-corrected chi connectivity index (χ0v) is 12.0. The minimum atomic E-state index is -0.742.